The van der Waals surface area contributed by atoms with Gasteiger partial charge in [-0.2, -0.15) is 0 Å². The van der Waals surface area contributed by atoms with Crippen LogP contribution >= 0.6 is 0 Å². The van der Waals surface area contributed by atoms with Crippen LogP contribution in [0.5, 0.6) is 0 Å². The van der Waals surface area contributed by atoms with E-state index in [9.17, 15) is 14.4 Å². The van der Waals surface area contributed by atoms with Crippen LogP contribution in [-0.2, 0) is 29.2 Å². The van der Waals surface area contributed by atoms with E-state index in [0.717, 1.165) is 22.5 Å². The summed E-state index contributed by atoms with van der Waals surface area (Å²) in [5, 5.41) is 5.60. The maximum absolute atomic E-state index is 12.9. The van der Waals surface area contributed by atoms with E-state index in [1.165, 1.54) is 0 Å². The normalized spacial score (nSPS) is 18.6. The molecule has 1 atom stereocenters. The minimum atomic E-state index is -0.602. The highest BCUT2D eigenvalue weighted by Crippen LogP contribution is 2.28. The molecule has 9 heteroatoms. The molecule has 3 heterocycles. The molecule has 1 unspecified atom stereocenters. The minimum absolute atomic E-state index is 0.178. The van der Waals surface area contributed by atoms with Crippen LogP contribution in [0.2, 0.25) is 0 Å². The zero-order chi connectivity index (χ0) is 20.5. The number of carbonyl (C=O) groups is 3. The van der Waals surface area contributed by atoms with E-state index in [1.54, 1.807) is 11.1 Å². The van der Waals surface area contributed by atoms with Crippen LogP contribution in [0.4, 0.5) is 5.69 Å². The molecule has 4 rings (SSSR count). The average molecular weight is 394 g/mol. The van der Waals surface area contributed by atoms with Crippen LogP contribution in [0, 0.1) is 6.92 Å². The molecule has 2 aromatic rings. The van der Waals surface area contributed by atoms with Crippen molar-refractivity contribution in [3.05, 3.63) is 52.6 Å². The van der Waals surface area contributed by atoms with E-state index >= 15 is 0 Å². The summed E-state index contributed by atoms with van der Waals surface area (Å²) in [5.74, 6) is -0.281. The summed E-state index contributed by atoms with van der Waals surface area (Å²) in [7, 11) is 0. The van der Waals surface area contributed by atoms with Crippen LogP contribution in [0.1, 0.15) is 45.8 Å². The maximum Gasteiger partial charge on any atom is 0.255 e. The zero-order valence-electron chi connectivity index (χ0n) is 16.1. The first-order valence-electron chi connectivity index (χ1n) is 9.49. The first-order valence-corrected chi connectivity index (χ1v) is 9.49. The molecule has 1 aromatic carbocycles. The number of rotatable bonds is 5. The minimum Gasteiger partial charge on any atom is -0.378 e. The van der Waals surface area contributed by atoms with Gasteiger partial charge in [0.2, 0.25) is 11.8 Å². The number of hydrogen-bond acceptors (Lipinski definition) is 7. The van der Waals surface area contributed by atoms with Crippen LogP contribution < -0.4 is 16.4 Å². The second-order valence-electron chi connectivity index (χ2n) is 7.23. The molecule has 0 saturated carbocycles. The summed E-state index contributed by atoms with van der Waals surface area (Å²) in [6.45, 7) is 3.05. The molecule has 2 aliphatic rings. The number of anilines is 1. The number of imide groups is 1. The molecule has 0 bridgehead atoms. The van der Waals surface area contributed by atoms with Crippen molar-refractivity contribution in [2.45, 2.75) is 45.4 Å². The van der Waals surface area contributed by atoms with E-state index < -0.39 is 11.9 Å². The Balaban J connectivity index is 1.47. The Bertz CT molecular complexity index is 1010. The third-order valence-electron chi connectivity index (χ3n) is 5.29. The molecule has 3 amide bonds. The number of amides is 3. The maximum atomic E-state index is 12.9. The molecular weight excluding hydrogens is 372 g/mol. The lowest BCUT2D eigenvalue weighted by Crippen LogP contribution is -2.52. The van der Waals surface area contributed by atoms with Crippen LogP contribution in [0.25, 0.3) is 0 Å². The Morgan fingerprint density at radius 3 is 2.86 bits per heavy atom. The van der Waals surface area contributed by atoms with Gasteiger partial charge in [0.1, 0.15) is 11.9 Å². The summed E-state index contributed by atoms with van der Waals surface area (Å²) < 4.78 is 0. The highest BCUT2D eigenvalue weighted by molar-refractivity contribution is 6.05. The first-order chi connectivity index (χ1) is 14.0. The lowest BCUT2D eigenvalue weighted by molar-refractivity contribution is -0.136. The Hall–Kier alpha value is -3.33. The van der Waals surface area contributed by atoms with Crippen LogP contribution in [0.3, 0.4) is 0 Å². The van der Waals surface area contributed by atoms with Crippen molar-refractivity contribution in [2.24, 2.45) is 5.73 Å². The van der Waals surface area contributed by atoms with Gasteiger partial charge in [0.25, 0.3) is 5.91 Å². The monoisotopic (exact) mass is 394 g/mol. The van der Waals surface area contributed by atoms with Gasteiger partial charge in [-0.3, -0.25) is 19.7 Å². The molecule has 1 fully saturated rings. The molecule has 150 valence electrons. The number of piperidine rings is 1. The van der Waals surface area contributed by atoms with Gasteiger partial charge in [0.15, 0.2) is 0 Å². The summed E-state index contributed by atoms with van der Waals surface area (Å²) in [4.78, 5) is 46.5. The summed E-state index contributed by atoms with van der Waals surface area (Å²) in [6.07, 6.45) is 2.31. The van der Waals surface area contributed by atoms with Crippen molar-refractivity contribution in [2.75, 3.05) is 5.32 Å². The molecule has 9 nitrogen and oxygen atoms in total. The fraction of sp³-hybridized carbons (Fsp3) is 0.350. The lowest BCUT2D eigenvalue weighted by Gasteiger charge is -2.29. The standard InChI is InChI=1S/C20H22N6O3/c1-11-15(9-23-17(7-21)24-11)22-8-12-2-3-13-10-26(20(29)14(13)6-12)16-4-5-18(27)25-19(16)28/h2-3,6,9,16,22H,4-5,7-8,10,21H2,1H3,(H,25,27,28). The van der Waals surface area contributed by atoms with Crippen molar-refractivity contribution < 1.29 is 14.4 Å². The number of aryl methyl sites for hydroxylation is 1. The van der Waals surface area contributed by atoms with Gasteiger partial charge in [-0.05, 0) is 30.5 Å². The summed E-state index contributed by atoms with van der Waals surface area (Å²) in [5.41, 5.74) is 9.59. The van der Waals surface area contributed by atoms with E-state index in [2.05, 4.69) is 20.6 Å². The SMILES string of the molecule is Cc1nc(CN)ncc1NCc1ccc2c(c1)C(=O)N(C1CCC(=O)NC1=O)C2. The average Bonchev–Trinajstić information content (AvgIpc) is 3.03. The number of carbonyl (C=O) groups excluding carboxylic acids is 3. The van der Waals surface area contributed by atoms with E-state index in [1.807, 2.05) is 25.1 Å². The first kappa shape index (κ1) is 19.0. The Labute approximate surface area is 167 Å². The number of benzene rings is 1. The van der Waals surface area contributed by atoms with Gasteiger partial charge in [0.05, 0.1) is 24.1 Å². The highest BCUT2D eigenvalue weighted by Gasteiger charge is 2.39. The Morgan fingerprint density at radius 1 is 1.31 bits per heavy atom. The number of nitrogens with one attached hydrogen (secondary N) is 2. The Kier molecular flexibility index (Phi) is 4.98. The third kappa shape index (κ3) is 3.68. The fourth-order valence-electron chi connectivity index (χ4n) is 3.70. The van der Waals surface area contributed by atoms with Gasteiger partial charge < -0.3 is 16.0 Å². The molecule has 1 saturated heterocycles. The predicted octanol–water partition coefficient (Wildman–Crippen LogP) is 0.617. The predicted molar refractivity (Wildman–Crippen MR) is 104 cm³/mol. The molecule has 0 aliphatic carbocycles. The van der Waals surface area contributed by atoms with Crippen LogP contribution in [0.15, 0.2) is 24.4 Å². The lowest BCUT2D eigenvalue weighted by atomic mass is 10.0. The number of fused-ring (bicyclic) bond motifs is 1. The molecular formula is C20H22N6O3. The highest BCUT2D eigenvalue weighted by atomic mass is 16.2. The van der Waals surface area contributed by atoms with Gasteiger partial charge in [-0.15, -0.1) is 0 Å². The second-order valence-corrected chi connectivity index (χ2v) is 7.23. The van der Waals surface area contributed by atoms with Gasteiger partial charge >= 0.3 is 0 Å². The van der Waals surface area contributed by atoms with Crippen molar-refractivity contribution in [1.29, 1.82) is 0 Å². The van der Waals surface area contributed by atoms with Crippen molar-refractivity contribution in [1.82, 2.24) is 20.2 Å². The summed E-state index contributed by atoms with van der Waals surface area (Å²) >= 11 is 0. The van der Waals surface area contributed by atoms with E-state index in [0.29, 0.717) is 30.9 Å². The largest absolute Gasteiger partial charge is 0.378 e. The number of aromatic nitrogens is 2. The smallest absolute Gasteiger partial charge is 0.255 e. The van der Waals surface area contributed by atoms with E-state index in [-0.39, 0.29) is 24.8 Å². The van der Waals surface area contributed by atoms with Crippen molar-refractivity contribution in [3.63, 3.8) is 0 Å². The number of nitrogens with two attached hydrogens (primary N) is 1. The molecule has 2 aliphatic heterocycles. The third-order valence-corrected chi connectivity index (χ3v) is 5.29. The number of hydrogen-bond donors (Lipinski definition) is 3. The summed E-state index contributed by atoms with van der Waals surface area (Å²) in [6, 6.07) is 5.12. The topological polar surface area (TPSA) is 130 Å². The van der Waals surface area contributed by atoms with Crippen molar-refractivity contribution >= 4 is 23.4 Å². The fourth-order valence-corrected chi connectivity index (χ4v) is 3.70. The quantitative estimate of drug-likeness (QED) is 0.634. The van der Waals surface area contributed by atoms with Gasteiger partial charge in [0, 0.05) is 25.1 Å². The molecule has 4 N–H and O–H groups in total. The second kappa shape index (κ2) is 7.59. The molecule has 0 spiro atoms. The molecule has 0 radical (unpaired) electrons. The molecule has 1 aromatic heterocycles. The van der Waals surface area contributed by atoms with E-state index in [4.69, 9.17) is 5.73 Å². The number of nitrogens with zero attached hydrogens (tertiary/aromatic N) is 3. The zero-order valence-corrected chi connectivity index (χ0v) is 16.1. The van der Waals surface area contributed by atoms with Crippen molar-refractivity contribution in [3.8, 4) is 0 Å². The Morgan fingerprint density at radius 2 is 2.14 bits per heavy atom. The van der Waals surface area contributed by atoms with Gasteiger partial charge in [-0.25, -0.2) is 9.97 Å². The van der Waals surface area contributed by atoms with Crippen LogP contribution in [-0.4, -0.2) is 38.6 Å². The van der Waals surface area contributed by atoms with Gasteiger partial charge in [-0.1, -0.05) is 12.1 Å². The molecule has 29 heavy (non-hydrogen) atoms.